The van der Waals surface area contributed by atoms with Crippen molar-refractivity contribution in [2.75, 3.05) is 63.2 Å². The quantitative estimate of drug-likeness (QED) is 0.621. The molecule has 0 aromatic heterocycles. The van der Waals surface area contributed by atoms with Gasteiger partial charge in [0.15, 0.2) is 0 Å². The number of anilines is 2. The molecule has 2 fully saturated rings. The lowest BCUT2D eigenvalue weighted by Crippen LogP contribution is -2.41. The first-order valence-electron chi connectivity index (χ1n) is 11.5. The minimum absolute atomic E-state index is 0.0308. The van der Waals surface area contributed by atoms with Crippen LogP contribution in [0.25, 0.3) is 0 Å². The molecular formula is C24H29FN4O5S. The average Bonchev–Trinajstić information content (AvgIpc) is 3.38. The molecule has 2 aliphatic heterocycles. The standard InChI is InChI=1S/C24H29FN4O5S/c1-27(17-23(30)26-19-6-4-5-18(25)15-19)24(31)21-16-20(7-8-22(21)28-9-2-3-10-28)35(32,33)29-11-13-34-14-12-29/h4-8,15-16H,2-3,9-14,17H2,1H3,(H,26,30). The highest BCUT2D eigenvalue weighted by Gasteiger charge is 2.30. The van der Waals surface area contributed by atoms with Gasteiger partial charge in [-0.1, -0.05) is 6.07 Å². The van der Waals surface area contributed by atoms with Crippen LogP contribution >= 0.6 is 0 Å². The van der Waals surface area contributed by atoms with Gasteiger partial charge in [-0.2, -0.15) is 4.31 Å². The number of rotatable bonds is 7. The summed E-state index contributed by atoms with van der Waals surface area (Å²) in [5, 5.41) is 2.57. The Balaban J connectivity index is 1.58. The lowest BCUT2D eigenvalue weighted by molar-refractivity contribution is -0.116. The van der Waals surface area contributed by atoms with Gasteiger partial charge in [0.1, 0.15) is 5.82 Å². The smallest absolute Gasteiger partial charge is 0.256 e. The normalized spacial score (nSPS) is 16.8. The van der Waals surface area contributed by atoms with E-state index in [0.29, 0.717) is 18.9 Å². The summed E-state index contributed by atoms with van der Waals surface area (Å²) in [4.78, 5) is 29.3. The number of hydrogen-bond acceptors (Lipinski definition) is 6. The molecule has 0 aliphatic carbocycles. The Hall–Kier alpha value is -3.02. The number of nitrogens with zero attached hydrogens (tertiary/aromatic N) is 3. The van der Waals surface area contributed by atoms with Crippen molar-refractivity contribution in [1.82, 2.24) is 9.21 Å². The Morgan fingerprint density at radius 2 is 1.77 bits per heavy atom. The summed E-state index contributed by atoms with van der Waals surface area (Å²) < 4.78 is 46.4. The average molecular weight is 505 g/mol. The van der Waals surface area contributed by atoms with Gasteiger partial charge in [0.2, 0.25) is 15.9 Å². The summed E-state index contributed by atoms with van der Waals surface area (Å²) in [6.45, 7) is 2.38. The highest BCUT2D eigenvalue weighted by atomic mass is 32.2. The summed E-state index contributed by atoms with van der Waals surface area (Å²) in [6, 6.07) is 10.1. The third kappa shape index (κ3) is 5.80. The van der Waals surface area contributed by atoms with Crippen molar-refractivity contribution in [3.63, 3.8) is 0 Å². The van der Waals surface area contributed by atoms with Crippen molar-refractivity contribution >= 4 is 33.2 Å². The summed E-state index contributed by atoms with van der Waals surface area (Å²) in [5.41, 5.74) is 1.15. The number of carbonyl (C=O) groups excluding carboxylic acids is 2. The van der Waals surface area contributed by atoms with Crippen molar-refractivity contribution in [2.45, 2.75) is 17.7 Å². The molecule has 2 saturated heterocycles. The van der Waals surface area contributed by atoms with Crippen LogP contribution in [0.2, 0.25) is 0 Å². The van der Waals surface area contributed by atoms with Crippen LogP contribution in [0.1, 0.15) is 23.2 Å². The molecule has 0 atom stereocenters. The van der Waals surface area contributed by atoms with E-state index in [9.17, 15) is 22.4 Å². The second-order valence-corrected chi connectivity index (χ2v) is 10.5. The number of benzene rings is 2. The number of sulfonamides is 1. The van der Waals surface area contributed by atoms with E-state index in [-0.39, 0.29) is 35.8 Å². The molecule has 2 heterocycles. The zero-order valence-electron chi connectivity index (χ0n) is 19.6. The third-order valence-corrected chi connectivity index (χ3v) is 7.98. The van der Waals surface area contributed by atoms with Gasteiger partial charge in [-0.3, -0.25) is 9.59 Å². The summed E-state index contributed by atoms with van der Waals surface area (Å²) in [5.74, 6) is -1.45. The molecule has 9 nitrogen and oxygen atoms in total. The number of likely N-dealkylation sites (N-methyl/N-ethyl adjacent to an activating group) is 1. The molecule has 188 valence electrons. The lowest BCUT2D eigenvalue weighted by Gasteiger charge is -2.28. The first-order valence-corrected chi connectivity index (χ1v) is 13.0. The number of amides is 2. The second kappa shape index (κ2) is 10.7. The number of hydrogen-bond donors (Lipinski definition) is 1. The number of halogens is 1. The van der Waals surface area contributed by atoms with Crippen LogP contribution in [0.3, 0.4) is 0 Å². The molecule has 0 unspecified atom stereocenters. The highest BCUT2D eigenvalue weighted by molar-refractivity contribution is 7.89. The first kappa shape index (κ1) is 25.1. The molecule has 0 saturated carbocycles. The summed E-state index contributed by atoms with van der Waals surface area (Å²) in [7, 11) is -2.33. The minimum Gasteiger partial charge on any atom is -0.379 e. The zero-order chi connectivity index (χ0) is 25.0. The first-order chi connectivity index (χ1) is 16.8. The molecule has 2 aromatic carbocycles. The van der Waals surface area contributed by atoms with Crippen LogP contribution in [-0.2, 0) is 19.6 Å². The minimum atomic E-state index is -3.80. The molecule has 0 spiro atoms. The van der Waals surface area contributed by atoms with Gasteiger partial charge >= 0.3 is 0 Å². The molecule has 0 radical (unpaired) electrons. The fourth-order valence-corrected chi connectivity index (χ4v) is 5.71. The lowest BCUT2D eigenvalue weighted by atomic mass is 10.1. The van der Waals surface area contributed by atoms with E-state index in [1.165, 1.54) is 46.6 Å². The zero-order valence-corrected chi connectivity index (χ0v) is 20.4. The Morgan fingerprint density at radius 3 is 2.46 bits per heavy atom. The van der Waals surface area contributed by atoms with Crippen molar-refractivity contribution in [1.29, 1.82) is 0 Å². The van der Waals surface area contributed by atoms with Gasteiger partial charge in [-0.25, -0.2) is 12.8 Å². The van der Waals surface area contributed by atoms with Crippen LogP contribution < -0.4 is 10.2 Å². The Bertz CT molecular complexity index is 1190. The maximum Gasteiger partial charge on any atom is 0.256 e. The molecule has 2 aliphatic rings. The van der Waals surface area contributed by atoms with Gasteiger partial charge < -0.3 is 19.9 Å². The SMILES string of the molecule is CN(CC(=O)Nc1cccc(F)c1)C(=O)c1cc(S(=O)(=O)N2CCOCC2)ccc1N1CCCC1. The molecule has 11 heteroatoms. The number of morpholine rings is 1. The van der Waals surface area contributed by atoms with Gasteiger partial charge in [0.05, 0.1) is 30.2 Å². The highest BCUT2D eigenvalue weighted by Crippen LogP contribution is 2.29. The predicted octanol–water partition coefficient (Wildman–Crippen LogP) is 2.16. The summed E-state index contributed by atoms with van der Waals surface area (Å²) >= 11 is 0. The van der Waals surface area contributed by atoms with Gasteiger partial charge in [-0.05, 0) is 49.2 Å². The van der Waals surface area contributed by atoms with Crippen molar-refractivity contribution < 1.29 is 27.1 Å². The number of ether oxygens (including phenoxy) is 1. The Kier molecular flexibility index (Phi) is 7.68. The van der Waals surface area contributed by atoms with E-state index in [1.807, 2.05) is 0 Å². The molecule has 1 N–H and O–H groups in total. The van der Waals surface area contributed by atoms with Crippen LogP contribution in [0.5, 0.6) is 0 Å². The Labute approximate surface area is 204 Å². The largest absolute Gasteiger partial charge is 0.379 e. The fourth-order valence-electron chi connectivity index (χ4n) is 4.28. The third-order valence-electron chi connectivity index (χ3n) is 6.09. The van der Waals surface area contributed by atoms with Crippen molar-refractivity contribution in [3.05, 3.63) is 53.8 Å². The Morgan fingerprint density at radius 1 is 1.06 bits per heavy atom. The van der Waals surface area contributed by atoms with Crippen LogP contribution in [0.15, 0.2) is 47.4 Å². The van der Waals surface area contributed by atoms with Crippen LogP contribution in [-0.4, -0.2) is 82.4 Å². The maximum atomic E-state index is 13.5. The molecule has 4 rings (SSSR count). The second-order valence-electron chi connectivity index (χ2n) is 8.61. The topological polar surface area (TPSA) is 99.3 Å². The van der Waals surface area contributed by atoms with E-state index in [2.05, 4.69) is 10.2 Å². The maximum absolute atomic E-state index is 13.5. The van der Waals surface area contributed by atoms with Gasteiger partial charge in [0, 0.05) is 44.6 Å². The fraction of sp³-hybridized carbons (Fsp3) is 0.417. The monoisotopic (exact) mass is 504 g/mol. The van der Waals surface area contributed by atoms with Gasteiger partial charge in [-0.15, -0.1) is 0 Å². The van der Waals surface area contributed by atoms with E-state index in [0.717, 1.165) is 25.9 Å². The molecule has 0 bridgehead atoms. The van der Waals surface area contributed by atoms with Crippen molar-refractivity contribution in [3.8, 4) is 0 Å². The number of nitrogens with one attached hydrogen (secondary N) is 1. The van der Waals surface area contributed by atoms with Crippen LogP contribution in [0.4, 0.5) is 15.8 Å². The van der Waals surface area contributed by atoms with E-state index in [4.69, 9.17) is 4.74 Å². The molecule has 2 amide bonds. The van der Waals surface area contributed by atoms with Crippen LogP contribution in [0, 0.1) is 5.82 Å². The molecule has 2 aromatic rings. The van der Waals surface area contributed by atoms with Crippen molar-refractivity contribution in [2.24, 2.45) is 0 Å². The summed E-state index contributed by atoms with van der Waals surface area (Å²) in [6.07, 6.45) is 1.96. The van der Waals surface area contributed by atoms with E-state index >= 15 is 0 Å². The molecular weight excluding hydrogens is 475 g/mol. The predicted molar refractivity (Wildman–Crippen MR) is 129 cm³/mol. The number of carbonyl (C=O) groups is 2. The van der Waals surface area contributed by atoms with E-state index in [1.54, 1.807) is 12.1 Å². The van der Waals surface area contributed by atoms with Gasteiger partial charge in [0.25, 0.3) is 5.91 Å². The molecule has 35 heavy (non-hydrogen) atoms. The van der Waals surface area contributed by atoms with E-state index < -0.39 is 27.7 Å².